The molecule has 0 heterocycles. The molecule has 0 aliphatic carbocycles. The number of nitrogens with one attached hydrogen (secondary N) is 2. The molecule has 37 heavy (non-hydrogen) atoms. The van der Waals surface area contributed by atoms with E-state index in [0.717, 1.165) is 11.1 Å². The van der Waals surface area contributed by atoms with Crippen LogP contribution in [0.4, 0.5) is 4.79 Å². The zero-order valence-corrected chi connectivity index (χ0v) is 22.4. The molecule has 0 aliphatic rings. The molecule has 0 saturated carbocycles. The highest BCUT2D eigenvalue weighted by Crippen LogP contribution is 2.35. The second kappa shape index (κ2) is 16.6. The van der Waals surface area contributed by atoms with Gasteiger partial charge < -0.3 is 25.0 Å². The van der Waals surface area contributed by atoms with Gasteiger partial charge in [0.2, 0.25) is 13.9 Å². The lowest BCUT2D eigenvalue weighted by atomic mass is 10.1. The number of carboxylic acids is 1. The number of unbranched alkanes of at least 4 members (excludes halogenated alkanes) is 1. The average Bonchev–Trinajstić information content (AvgIpc) is 2.89. The molecule has 3 atom stereocenters. The number of aliphatic carboxylic acids is 1. The van der Waals surface area contributed by atoms with Gasteiger partial charge in [0.05, 0.1) is 0 Å². The van der Waals surface area contributed by atoms with E-state index < -0.39 is 32.0 Å². The van der Waals surface area contributed by atoms with Crippen LogP contribution in [0.2, 0.25) is 0 Å². The number of carboxylic acid groups (broad SMARTS) is 1. The molecular formula is C27H37N2O7P. The predicted molar refractivity (Wildman–Crippen MR) is 142 cm³/mol. The maximum absolute atomic E-state index is 12.9. The number of carbonyl (C=O) groups is 3. The molecule has 3 unspecified atom stereocenters. The van der Waals surface area contributed by atoms with Crippen LogP contribution in [-0.2, 0) is 36.4 Å². The maximum Gasteiger partial charge on any atom is 0.407 e. The third-order valence-electron chi connectivity index (χ3n) is 5.63. The van der Waals surface area contributed by atoms with E-state index in [9.17, 15) is 24.1 Å². The van der Waals surface area contributed by atoms with Crippen molar-refractivity contribution in [3.63, 3.8) is 0 Å². The van der Waals surface area contributed by atoms with Crippen LogP contribution < -0.4 is 10.6 Å². The minimum Gasteiger partial charge on any atom is -0.479 e. The minimum atomic E-state index is -2.89. The molecule has 2 rings (SSSR count). The van der Waals surface area contributed by atoms with Gasteiger partial charge in [-0.05, 0) is 42.7 Å². The van der Waals surface area contributed by atoms with Crippen LogP contribution in [0.5, 0.6) is 0 Å². The summed E-state index contributed by atoms with van der Waals surface area (Å²) in [6.45, 7) is 4.07. The van der Waals surface area contributed by atoms with Crippen LogP contribution in [0.15, 0.2) is 60.7 Å². The lowest BCUT2D eigenvalue weighted by Crippen LogP contribution is -2.37. The third-order valence-corrected chi connectivity index (χ3v) is 7.47. The Morgan fingerprint density at radius 3 is 2.16 bits per heavy atom. The highest BCUT2D eigenvalue weighted by molar-refractivity contribution is 7.40. The molecule has 0 saturated heterocycles. The van der Waals surface area contributed by atoms with E-state index >= 15 is 0 Å². The first-order valence-corrected chi connectivity index (χ1v) is 13.9. The molecule has 0 aliphatic heterocycles. The summed E-state index contributed by atoms with van der Waals surface area (Å²) in [6.07, 6.45) is 0.0103. The largest absolute Gasteiger partial charge is 0.479 e. The summed E-state index contributed by atoms with van der Waals surface area (Å²) in [5.74, 6) is -2.45. The van der Waals surface area contributed by atoms with Crippen LogP contribution in [0.1, 0.15) is 50.7 Å². The molecule has 3 N–H and O–H groups in total. The predicted octanol–water partition coefficient (Wildman–Crippen LogP) is 4.76. The molecule has 2 amide bonds. The van der Waals surface area contributed by atoms with Gasteiger partial charge in [-0.1, -0.05) is 74.5 Å². The SMILES string of the molecule is CC(C)C(NC(=O)CCc1ccccc1)[PH](=O)OC(CCCCNC(=O)OCc1ccccc1)C(=O)O. The molecular weight excluding hydrogens is 495 g/mol. The average molecular weight is 533 g/mol. The van der Waals surface area contributed by atoms with E-state index in [0.29, 0.717) is 25.8 Å². The Bertz CT molecular complexity index is 1000. The molecule has 0 radical (unpaired) electrons. The standard InChI is InChI=1S/C27H37N2O7P/c1-20(2)25(29-24(30)17-16-21-11-5-3-6-12-21)37(34)36-23(26(31)32)15-9-10-18-28-27(33)35-19-22-13-7-4-8-14-22/h3-8,11-14,20,23,25,37H,9-10,15-19H2,1-2H3,(H,28,33)(H,29,30)(H,31,32). The Hall–Kier alpha value is -3.16. The Morgan fingerprint density at radius 1 is 0.946 bits per heavy atom. The van der Waals surface area contributed by atoms with Gasteiger partial charge in [0.15, 0.2) is 6.10 Å². The quantitative estimate of drug-likeness (QED) is 0.210. The van der Waals surface area contributed by atoms with E-state index in [-0.39, 0.29) is 31.3 Å². The van der Waals surface area contributed by atoms with Crippen molar-refractivity contribution in [2.45, 2.75) is 64.4 Å². The first kappa shape index (κ1) is 30.1. The number of hydrogen-bond donors (Lipinski definition) is 3. The molecule has 9 nitrogen and oxygen atoms in total. The van der Waals surface area contributed by atoms with E-state index in [1.165, 1.54) is 0 Å². The van der Waals surface area contributed by atoms with Gasteiger partial charge in [-0.2, -0.15) is 0 Å². The molecule has 2 aromatic rings. The van der Waals surface area contributed by atoms with Gasteiger partial charge >= 0.3 is 12.1 Å². The number of hydrogen-bond acceptors (Lipinski definition) is 6. The summed E-state index contributed by atoms with van der Waals surface area (Å²) in [5.41, 5.74) is 1.90. The van der Waals surface area contributed by atoms with Gasteiger partial charge in [0.1, 0.15) is 12.4 Å². The van der Waals surface area contributed by atoms with Gasteiger partial charge in [0, 0.05) is 13.0 Å². The van der Waals surface area contributed by atoms with Crippen molar-refractivity contribution in [3.8, 4) is 0 Å². The molecule has 0 spiro atoms. The Balaban J connectivity index is 1.72. The molecule has 2 aromatic carbocycles. The summed E-state index contributed by atoms with van der Waals surface area (Å²) in [7, 11) is -2.89. The lowest BCUT2D eigenvalue weighted by molar-refractivity contribution is -0.145. The summed E-state index contributed by atoms with van der Waals surface area (Å²) in [6, 6.07) is 18.9. The van der Waals surface area contributed by atoms with Crippen molar-refractivity contribution in [2.24, 2.45) is 5.92 Å². The Kier molecular flexibility index (Phi) is 13.5. The highest BCUT2D eigenvalue weighted by Gasteiger charge is 2.28. The van der Waals surface area contributed by atoms with Gasteiger partial charge in [-0.3, -0.25) is 9.36 Å². The Labute approximate surface area is 218 Å². The first-order chi connectivity index (χ1) is 17.8. The molecule has 0 aromatic heterocycles. The minimum absolute atomic E-state index is 0.124. The molecule has 10 heteroatoms. The van der Waals surface area contributed by atoms with Crippen molar-refractivity contribution < 1.29 is 33.3 Å². The van der Waals surface area contributed by atoms with E-state index in [1.807, 2.05) is 60.7 Å². The van der Waals surface area contributed by atoms with E-state index in [1.54, 1.807) is 13.8 Å². The monoisotopic (exact) mass is 532 g/mol. The maximum atomic E-state index is 12.9. The fraction of sp³-hybridized carbons (Fsp3) is 0.444. The topological polar surface area (TPSA) is 131 Å². The van der Waals surface area contributed by atoms with Crippen LogP contribution in [0, 0.1) is 5.92 Å². The first-order valence-electron chi connectivity index (χ1n) is 12.5. The van der Waals surface area contributed by atoms with Crippen molar-refractivity contribution in [1.29, 1.82) is 0 Å². The number of aryl methyl sites for hydroxylation is 1. The number of carbonyl (C=O) groups excluding carboxylic acids is 2. The normalized spacial score (nSPS) is 13.4. The number of benzene rings is 2. The fourth-order valence-electron chi connectivity index (χ4n) is 3.51. The summed E-state index contributed by atoms with van der Waals surface area (Å²) >= 11 is 0. The van der Waals surface area contributed by atoms with Crippen molar-refractivity contribution in [3.05, 3.63) is 71.8 Å². The van der Waals surface area contributed by atoms with Crippen molar-refractivity contribution in [2.75, 3.05) is 6.54 Å². The highest BCUT2D eigenvalue weighted by atomic mass is 31.1. The summed E-state index contributed by atoms with van der Waals surface area (Å²) in [5, 5.41) is 14.9. The number of ether oxygens (including phenoxy) is 1. The third kappa shape index (κ3) is 12.1. The van der Waals surface area contributed by atoms with Crippen molar-refractivity contribution >= 4 is 26.0 Å². The second-order valence-electron chi connectivity index (χ2n) is 9.02. The van der Waals surface area contributed by atoms with Crippen LogP contribution in [0.25, 0.3) is 0 Å². The van der Waals surface area contributed by atoms with Crippen LogP contribution in [-0.4, -0.2) is 41.5 Å². The summed E-state index contributed by atoms with van der Waals surface area (Å²) < 4.78 is 23.5. The zero-order valence-electron chi connectivity index (χ0n) is 21.4. The van der Waals surface area contributed by atoms with Crippen LogP contribution in [0.3, 0.4) is 0 Å². The Morgan fingerprint density at radius 2 is 1.57 bits per heavy atom. The van der Waals surface area contributed by atoms with Crippen molar-refractivity contribution in [1.82, 2.24) is 10.6 Å². The molecule has 0 bridgehead atoms. The van der Waals surface area contributed by atoms with E-state index in [2.05, 4.69) is 10.6 Å². The number of amides is 2. The van der Waals surface area contributed by atoms with Gasteiger partial charge in [0.25, 0.3) is 0 Å². The fourth-order valence-corrected chi connectivity index (χ4v) is 4.98. The zero-order chi connectivity index (χ0) is 27.0. The summed E-state index contributed by atoms with van der Waals surface area (Å²) in [4.78, 5) is 35.9. The smallest absolute Gasteiger partial charge is 0.407 e. The van der Waals surface area contributed by atoms with E-state index in [4.69, 9.17) is 9.26 Å². The number of rotatable bonds is 16. The molecule has 0 fully saturated rings. The second-order valence-corrected chi connectivity index (χ2v) is 10.5. The molecule has 202 valence electrons. The number of alkyl carbamates (subject to hydrolysis) is 1. The van der Waals surface area contributed by atoms with Gasteiger partial charge in [-0.25, -0.2) is 9.59 Å². The van der Waals surface area contributed by atoms with Crippen LogP contribution >= 0.6 is 8.03 Å². The van der Waals surface area contributed by atoms with Gasteiger partial charge in [-0.15, -0.1) is 0 Å². The lowest BCUT2D eigenvalue weighted by Gasteiger charge is -2.24.